The molecule has 0 amide bonds. The van der Waals surface area contributed by atoms with Crippen LogP contribution in [0.1, 0.15) is 51.4 Å². The number of carboxylic acid groups (broad SMARTS) is 1. The normalized spacial score (nSPS) is 27.5. The quantitative estimate of drug-likeness (QED) is 0.539. The lowest BCUT2D eigenvalue weighted by Crippen LogP contribution is -2.39. The number of carbonyl (C=O) groups is 1. The summed E-state index contributed by atoms with van der Waals surface area (Å²) in [5.41, 5.74) is 0. The van der Waals surface area contributed by atoms with E-state index in [0.29, 0.717) is 24.6 Å². The average molecular weight is 296 g/mol. The molecule has 4 aliphatic carbocycles. The minimum atomic E-state index is -0.667. The topological polar surface area (TPSA) is 81.6 Å². The molecule has 4 N–H and O–H groups in total. The first-order chi connectivity index (χ1) is 10.2. The number of nitrogens with one attached hydrogen (secondary N) is 2. The smallest absolute Gasteiger partial charge is 0.320 e. The zero-order chi connectivity index (χ0) is 14.8. The lowest BCUT2D eigenvalue weighted by molar-refractivity contribution is -0.140. The van der Waals surface area contributed by atoms with E-state index < -0.39 is 5.97 Å². The van der Waals surface area contributed by atoms with E-state index in [-0.39, 0.29) is 6.04 Å². The summed E-state index contributed by atoms with van der Waals surface area (Å²) in [5.74, 6) is 0.554. The molecule has 0 saturated heterocycles. The highest BCUT2D eigenvalue weighted by Gasteiger charge is 2.39. The number of aliphatic carboxylic acids is 1. The molecule has 2 atom stereocenters. The van der Waals surface area contributed by atoms with Crippen LogP contribution in [0, 0.1) is 11.8 Å². The highest BCUT2D eigenvalue weighted by molar-refractivity contribution is 5.74. The molecular weight excluding hydrogens is 268 g/mol. The Balaban J connectivity index is 0.000000126. The maximum absolute atomic E-state index is 10.7. The lowest BCUT2D eigenvalue weighted by atomic mass is 10.2. The molecule has 0 heterocycles. The van der Waals surface area contributed by atoms with Gasteiger partial charge in [0.25, 0.3) is 0 Å². The Morgan fingerprint density at radius 2 is 1.43 bits per heavy atom. The van der Waals surface area contributed by atoms with Crippen LogP contribution in [0.3, 0.4) is 0 Å². The molecule has 4 aliphatic rings. The van der Waals surface area contributed by atoms with Crippen molar-refractivity contribution >= 4 is 5.97 Å². The van der Waals surface area contributed by atoms with Crippen LogP contribution in [-0.2, 0) is 4.79 Å². The van der Waals surface area contributed by atoms with E-state index in [0.717, 1.165) is 37.6 Å². The Morgan fingerprint density at radius 1 is 0.905 bits per heavy atom. The molecule has 5 nitrogen and oxygen atoms in total. The standard InChI is InChI=1S/C8H13NO2.C8H15NO/c10-8(11)7(5-1-2-5)9-6-3-4-6;10-5-8(6-1-2-6)9-7-3-4-7/h5-7,9H,1-4H2,(H,10,11);6-10H,1-5H2. The van der Waals surface area contributed by atoms with E-state index in [1.807, 2.05) is 0 Å². The van der Waals surface area contributed by atoms with E-state index in [2.05, 4.69) is 10.6 Å². The van der Waals surface area contributed by atoms with E-state index >= 15 is 0 Å². The van der Waals surface area contributed by atoms with Gasteiger partial charge in [-0.25, -0.2) is 0 Å². The number of rotatable bonds is 8. The van der Waals surface area contributed by atoms with Crippen LogP contribution >= 0.6 is 0 Å². The Bertz CT molecular complexity index is 361. The summed E-state index contributed by atoms with van der Waals surface area (Å²) in [6, 6.07) is 1.43. The first kappa shape index (κ1) is 15.3. The highest BCUT2D eigenvalue weighted by Crippen LogP contribution is 2.35. The maximum atomic E-state index is 10.7. The predicted molar refractivity (Wildman–Crippen MR) is 80.1 cm³/mol. The molecule has 0 aromatic carbocycles. The van der Waals surface area contributed by atoms with Crippen LogP contribution in [-0.4, -0.2) is 47.0 Å². The fourth-order valence-electron chi connectivity index (χ4n) is 2.73. The van der Waals surface area contributed by atoms with Gasteiger partial charge in [0.15, 0.2) is 0 Å². The summed E-state index contributed by atoms with van der Waals surface area (Å²) >= 11 is 0. The minimum absolute atomic E-state index is 0.248. The second-order valence-electron chi connectivity index (χ2n) is 7.16. The Kier molecular flexibility index (Phi) is 4.82. The predicted octanol–water partition coefficient (Wildman–Crippen LogP) is 1.11. The summed E-state index contributed by atoms with van der Waals surface area (Å²) in [6.45, 7) is 0.334. The molecule has 0 spiro atoms. The Labute approximate surface area is 126 Å². The summed E-state index contributed by atoms with van der Waals surface area (Å²) in [7, 11) is 0. The van der Waals surface area contributed by atoms with E-state index in [1.165, 1.54) is 25.7 Å². The SMILES string of the molecule is O=C(O)C(NC1CC1)C1CC1.OCC(NC1CC1)C1CC1. The van der Waals surface area contributed by atoms with E-state index in [1.54, 1.807) is 0 Å². The summed E-state index contributed by atoms with van der Waals surface area (Å²) in [4.78, 5) is 10.7. The third-order valence-corrected chi connectivity index (χ3v) is 4.77. The second kappa shape index (κ2) is 6.63. The van der Waals surface area contributed by atoms with Gasteiger partial charge in [-0.15, -0.1) is 0 Å². The van der Waals surface area contributed by atoms with Crippen molar-refractivity contribution < 1.29 is 15.0 Å². The third-order valence-electron chi connectivity index (χ3n) is 4.77. The van der Waals surface area contributed by atoms with Gasteiger partial charge < -0.3 is 20.8 Å². The van der Waals surface area contributed by atoms with Crippen molar-refractivity contribution in [2.75, 3.05) is 6.61 Å². The van der Waals surface area contributed by atoms with Gasteiger partial charge in [0.2, 0.25) is 0 Å². The van der Waals surface area contributed by atoms with Gasteiger partial charge in [0.05, 0.1) is 6.61 Å². The Morgan fingerprint density at radius 3 is 1.81 bits per heavy atom. The fraction of sp³-hybridized carbons (Fsp3) is 0.938. The van der Waals surface area contributed by atoms with Crippen molar-refractivity contribution in [2.45, 2.75) is 75.5 Å². The molecule has 120 valence electrons. The molecule has 0 bridgehead atoms. The van der Waals surface area contributed by atoms with Crippen molar-refractivity contribution in [3.8, 4) is 0 Å². The van der Waals surface area contributed by atoms with Gasteiger partial charge in [0.1, 0.15) is 6.04 Å². The molecule has 0 aromatic rings. The van der Waals surface area contributed by atoms with E-state index in [4.69, 9.17) is 10.2 Å². The van der Waals surface area contributed by atoms with Crippen LogP contribution in [0.4, 0.5) is 0 Å². The first-order valence-corrected chi connectivity index (χ1v) is 8.53. The summed E-state index contributed by atoms with van der Waals surface area (Å²) in [6.07, 6.45) is 9.81. The largest absolute Gasteiger partial charge is 0.480 e. The highest BCUT2D eigenvalue weighted by atomic mass is 16.4. The lowest BCUT2D eigenvalue weighted by Gasteiger charge is -2.13. The molecule has 4 fully saturated rings. The van der Waals surface area contributed by atoms with E-state index in [9.17, 15) is 4.79 Å². The van der Waals surface area contributed by atoms with Crippen LogP contribution in [0.5, 0.6) is 0 Å². The molecule has 2 unspecified atom stereocenters. The van der Waals surface area contributed by atoms with Gasteiger partial charge in [-0.05, 0) is 63.2 Å². The van der Waals surface area contributed by atoms with Gasteiger partial charge in [-0.2, -0.15) is 0 Å². The number of aliphatic hydroxyl groups is 1. The van der Waals surface area contributed by atoms with Crippen molar-refractivity contribution in [1.82, 2.24) is 10.6 Å². The number of hydrogen-bond donors (Lipinski definition) is 4. The van der Waals surface area contributed by atoms with Crippen LogP contribution in [0.2, 0.25) is 0 Å². The first-order valence-electron chi connectivity index (χ1n) is 8.53. The number of hydrogen-bond acceptors (Lipinski definition) is 4. The molecule has 0 radical (unpaired) electrons. The summed E-state index contributed by atoms with van der Waals surface area (Å²) < 4.78 is 0. The Hall–Kier alpha value is -0.650. The van der Waals surface area contributed by atoms with Gasteiger partial charge >= 0.3 is 5.97 Å². The second-order valence-corrected chi connectivity index (χ2v) is 7.16. The molecule has 21 heavy (non-hydrogen) atoms. The van der Waals surface area contributed by atoms with Gasteiger partial charge in [-0.1, -0.05) is 0 Å². The van der Waals surface area contributed by atoms with Crippen molar-refractivity contribution in [2.24, 2.45) is 11.8 Å². The van der Waals surface area contributed by atoms with Crippen LogP contribution in [0.25, 0.3) is 0 Å². The van der Waals surface area contributed by atoms with Gasteiger partial charge in [0, 0.05) is 18.1 Å². The molecule has 0 aliphatic heterocycles. The minimum Gasteiger partial charge on any atom is -0.480 e. The summed E-state index contributed by atoms with van der Waals surface area (Å²) in [5, 5.41) is 24.4. The van der Waals surface area contributed by atoms with Crippen molar-refractivity contribution in [1.29, 1.82) is 0 Å². The van der Waals surface area contributed by atoms with Crippen LogP contribution < -0.4 is 10.6 Å². The third kappa shape index (κ3) is 5.24. The zero-order valence-corrected chi connectivity index (χ0v) is 12.6. The number of aliphatic hydroxyl groups excluding tert-OH is 1. The molecular formula is C16H28N2O3. The van der Waals surface area contributed by atoms with Crippen molar-refractivity contribution in [3.05, 3.63) is 0 Å². The zero-order valence-electron chi connectivity index (χ0n) is 12.6. The van der Waals surface area contributed by atoms with Gasteiger partial charge in [-0.3, -0.25) is 4.79 Å². The monoisotopic (exact) mass is 296 g/mol. The molecule has 4 rings (SSSR count). The number of carboxylic acids is 1. The van der Waals surface area contributed by atoms with Crippen LogP contribution in [0.15, 0.2) is 0 Å². The van der Waals surface area contributed by atoms with Crippen molar-refractivity contribution in [3.63, 3.8) is 0 Å². The molecule has 4 saturated carbocycles. The molecule has 5 heteroatoms. The fourth-order valence-corrected chi connectivity index (χ4v) is 2.73. The average Bonchev–Trinajstić information content (AvgIpc) is 3.31. The molecule has 0 aromatic heterocycles. The maximum Gasteiger partial charge on any atom is 0.320 e.